The first kappa shape index (κ1) is 14.6. The molecule has 2 rings (SSSR count). The number of hydrogen-bond acceptors (Lipinski definition) is 5. The maximum Gasteiger partial charge on any atom is 0.433 e. The van der Waals surface area contributed by atoms with Gasteiger partial charge in [-0.3, -0.25) is 0 Å². The van der Waals surface area contributed by atoms with Gasteiger partial charge in [0.1, 0.15) is 5.69 Å². The SMILES string of the molecule is CSc1ncc(CNc2nccc(C(F)(F)F)n2)n1C. The molecule has 0 aromatic carbocycles. The Morgan fingerprint density at radius 1 is 1.35 bits per heavy atom. The number of anilines is 1. The van der Waals surface area contributed by atoms with Gasteiger partial charge >= 0.3 is 6.18 Å². The molecule has 5 nitrogen and oxygen atoms in total. The first-order valence-corrected chi connectivity index (χ1v) is 6.83. The molecule has 0 bridgehead atoms. The minimum Gasteiger partial charge on any atom is -0.349 e. The normalized spacial score (nSPS) is 11.7. The van der Waals surface area contributed by atoms with Gasteiger partial charge in [-0.1, -0.05) is 11.8 Å². The zero-order valence-corrected chi connectivity index (χ0v) is 11.6. The lowest BCUT2D eigenvalue weighted by atomic mass is 10.4. The summed E-state index contributed by atoms with van der Waals surface area (Å²) in [6, 6.07) is 0.834. The van der Waals surface area contributed by atoms with Crippen LogP contribution < -0.4 is 5.32 Å². The number of thioether (sulfide) groups is 1. The second kappa shape index (κ2) is 5.70. The van der Waals surface area contributed by atoms with Crippen LogP contribution in [0.4, 0.5) is 19.1 Å². The monoisotopic (exact) mass is 303 g/mol. The predicted molar refractivity (Wildman–Crippen MR) is 69.3 cm³/mol. The largest absolute Gasteiger partial charge is 0.433 e. The van der Waals surface area contributed by atoms with E-state index in [1.54, 1.807) is 6.20 Å². The van der Waals surface area contributed by atoms with Crippen LogP contribution in [-0.4, -0.2) is 25.8 Å². The number of nitrogens with zero attached hydrogens (tertiary/aromatic N) is 4. The fourth-order valence-electron chi connectivity index (χ4n) is 1.55. The summed E-state index contributed by atoms with van der Waals surface area (Å²) in [6.07, 6.45) is 0.161. The third-order valence-electron chi connectivity index (χ3n) is 2.60. The third-order valence-corrected chi connectivity index (χ3v) is 3.34. The van der Waals surface area contributed by atoms with Crippen LogP contribution >= 0.6 is 11.8 Å². The van der Waals surface area contributed by atoms with E-state index in [2.05, 4.69) is 20.3 Å². The molecule has 0 aliphatic carbocycles. The summed E-state index contributed by atoms with van der Waals surface area (Å²) in [4.78, 5) is 11.4. The van der Waals surface area contributed by atoms with Gasteiger partial charge in [0, 0.05) is 13.2 Å². The van der Waals surface area contributed by atoms with E-state index < -0.39 is 11.9 Å². The molecular weight excluding hydrogens is 291 g/mol. The zero-order valence-electron chi connectivity index (χ0n) is 10.8. The molecule has 2 aromatic rings. The molecule has 0 atom stereocenters. The average molecular weight is 303 g/mol. The molecule has 20 heavy (non-hydrogen) atoms. The maximum atomic E-state index is 12.5. The van der Waals surface area contributed by atoms with Gasteiger partial charge in [0.15, 0.2) is 5.16 Å². The molecule has 0 saturated heterocycles. The Kier molecular flexibility index (Phi) is 4.17. The van der Waals surface area contributed by atoms with Crippen LogP contribution in [0.5, 0.6) is 0 Å². The lowest BCUT2D eigenvalue weighted by Gasteiger charge is -2.09. The number of nitrogens with one attached hydrogen (secondary N) is 1. The number of alkyl halides is 3. The van der Waals surface area contributed by atoms with Gasteiger partial charge in [0.2, 0.25) is 5.95 Å². The summed E-state index contributed by atoms with van der Waals surface area (Å²) in [5.41, 5.74) is -0.139. The number of halogens is 3. The predicted octanol–water partition coefficient (Wildman–Crippen LogP) is 2.56. The molecule has 0 fully saturated rings. The molecule has 2 heterocycles. The number of imidazole rings is 1. The van der Waals surface area contributed by atoms with Crippen molar-refractivity contribution in [2.45, 2.75) is 17.9 Å². The van der Waals surface area contributed by atoms with E-state index in [1.807, 2.05) is 17.9 Å². The molecule has 0 unspecified atom stereocenters. The Bertz CT molecular complexity index is 596. The van der Waals surface area contributed by atoms with Gasteiger partial charge < -0.3 is 9.88 Å². The van der Waals surface area contributed by atoms with Gasteiger partial charge in [0.05, 0.1) is 18.4 Å². The van der Waals surface area contributed by atoms with Crippen LogP contribution in [-0.2, 0) is 19.8 Å². The highest BCUT2D eigenvalue weighted by molar-refractivity contribution is 7.98. The Morgan fingerprint density at radius 2 is 2.10 bits per heavy atom. The van der Waals surface area contributed by atoms with E-state index >= 15 is 0 Å². The summed E-state index contributed by atoms with van der Waals surface area (Å²) in [5, 5.41) is 3.59. The number of hydrogen-bond donors (Lipinski definition) is 1. The Morgan fingerprint density at radius 3 is 2.70 bits per heavy atom. The van der Waals surface area contributed by atoms with Crippen molar-refractivity contribution in [3.05, 3.63) is 29.8 Å². The molecular formula is C11H12F3N5S. The van der Waals surface area contributed by atoms with E-state index in [-0.39, 0.29) is 5.95 Å². The minimum absolute atomic E-state index is 0.0632. The average Bonchev–Trinajstić information content (AvgIpc) is 2.76. The fourth-order valence-corrected chi connectivity index (χ4v) is 2.10. The van der Waals surface area contributed by atoms with E-state index in [1.165, 1.54) is 11.8 Å². The van der Waals surface area contributed by atoms with Crippen molar-refractivity contribution in [1.29, 1.82) is 0 Å². The molecule has 0 saturated carbocycles. The highest BCUT2D eigenvalue weighted by Crippen LogP contribution is 2.27. The van der Waals surface area contributed by atoms with E-state index in [0.29, 0.717) is 6.54 Å². The number of rotatable bonds is 4. The second-order valence-electron chi connectivity index (χ2n) is 3.91. The molecule has 2 aromatic heterocycles. The van der Waals surface area contributed by atoms with E-state index in [4.69, 9.17) is 0 Å². The van der Waals surface area contributed by atoms with Crippen LogP contribution in [0.3, 0.4) is 0 Å². The van der Waals surface area contributed by atoms with Crippen molar-refractivity contribution in [2.75, 3.05) is 11.6 Å². The molecule has 0 radical (unpaired) electrons. The third kappa shape index (κ3) is 3.21. The molecule has 0 spiro atoms. The summed E-state index contributed by atoms with van der Waals surface area (Å²) in [6.45, 7) is 0.297. The fraction of sp³-hybridized carbons (Fsp3) is 0.364. The van der Waals surface area contributed by atoms with Crippen molar-refractivity contribution >= 4 is 17.7 Å². The molecule has 9 heteroatoms. The summed E-state index contributed by atoms with van der Waals surface area (Å²) in [5.74, 6) is -0.0632. The van der Waals surface area contributed by atoms with Crippen molar-refractivity contribution in [2.24, 2.45) is 7.05 Å². The van der Waals surface area contributed by atoms with Gasteiger partial charge in [-0.05, 0) is 12.3 Å². The summed E-state index contributed by atoms with van der Waals surface area (Å²) in [7, 11) is 1.84. The Labute approximate surface area is 117 Å². The van der Waals surface area contributed by atoms with Crippen LogP contribution in [0.2, 0.25) is 0 Å². The van der Waals surface area contributed by atoms with Crippen molar-refractivity contribution < 1.29 is 13.2 Å². The zero-order chi connectivity index (χ0) is 14.8. The van der Waals surface area contributed by atoms with Crippen LogP contribution in [0.1, 0.15) is 11.4 Å². The Balaban J connectivity index is 2.09. The van der Waals surface area contributed by atoms with Gasteiger partial charge in [-0.25, -0.2) is 15.0 Å². The molecule has 0 amide bonds. The molecule has 0 aliphatic rings. The smallest absolute Gasteiger partial charge is 0.349 e. The quantitative estimate of drug-likeness (QED) is 0.880. The van der Waals surface area contributed by atoms with Crippen LogP contribution in [0.15, 0.2) is 23.6 Å². The molecule has 1 N–H and O–H groups in total. The minimum atomic E-state index is -4.47. The van der Waals surface area contributed by atoms with E-state index in [9.17, 15) is 13.2 Å². The topological polar surface area (TPSA) is 55.6 Å². The second-order valence-corrected chi connectivity index (χ2v) is 4.69. The number of aromatic nitrogens is 4. The first-order valence-electron chi connectivity index (χ1n) is 5.60. The summed E-state index contributed by atoms with van der Waals surface area (Å²) >= 11 is 1.49. The lowest BCUT2D eigenvalue weighted by molar-refractivity contribution is -0.141. The van der Waals surface area contributed by atoms with Crippen molar-refractivity contribution in [3.63, 3.8) is 0 Å². The van der Waals surface area contributed by atoms with Gasteiger partial charge in [-0.2, -0.15) is 13.2 Å². The summed E-state index contributed by atoms with van der Waals surface area (Å²) < 4.78 is 39.4. The van der Waals surface area contributed by atoms with Crippen molar-refractivity contribution in [3.8, 4) is 0 Å². The maximum absolute atomic E-state index is 12.5. The molecule has 108 valence electrons. The van der Waals surface area contributed by atoms with Crippen molar-refractivity contribution in [1.82, 2.24) is 19.5 Å². The first-order chi connectivity index (χ1) is 9.41. The standard InChI is InChI=1S/C11H12F3N5S/c1-19-7(6-17-10(19)20-2)5-16-9-15-4-3-8(18-9)11(12,13)14/h3-4,6H,5H2,1-2H3,(H,15,16,18). The van der Waals surface area contributed by atoms with Gasteiger partial charge in [0.25, 0.3) is 0 Å². The van der Waals surface area contributed by atoms with E-state index in [0.717, 1.165) is 23.1 Å². The Hall–Kier alpha value is -1.77. The van der Waals surface area contributed by atoms with Crippen LogP contribution in [0.25, 0.3) is 0 Å². The van der Waals surface area contributed by atoms with Gasteiger partial charge in [-0.15, -0.1) is 0 Å². The highest BCUT2D eigenvalue weighted by atomic mass is 32.2. The van der Waals surface area contributed by atoms with Crippen LogP contribution in [0, 0.1) is 0 Å². The molecule has 0 aliphatic heterocycles. The lowest BCUT2D eigenvalue weighted by Crippen LogP contribution is -2.12. The highest BCUT2D eigenvalue weighted by Gasteiger charge is 2.32.